The number of aryl methyl sites for hydroxylation is 1. The zero-order chi connectivity index (χ0) is 16.1. The minimum atomic E-state index is 0.375. The zero-order valence-corrected chi connectivity index (χ0v) is 15.3. The summed E-state index contributed by atoms with van der Waals surface area (Å²) in [6.07, 6.45) is 7.73. The first-order chi connectivity index (χ1) is 11.0. The second kappa shape index (κ2) is 6.07. The van der Waals surface area contributed by atoms with Crippen molar-refractivity contribution in [2.24, 2.45) is 17.8 Å². The van der Waals surface area contributed by atoms with Crippen molar-refractivity contribution < 1.29 is 4.52 Å². The van der Waals surface area contributed by atoms with Crippen LogP contribution in [-0.2, 0) is 0 Å². The fraction of sp³-hybridized carbons (Fsp3) is 0.842. The largest absolute Gasteiger partial charge is 0.361 e. The fourth-order valence-electron chi connectivity index (χ4n) is 5.72. The van der Waals surface area contributed by atoms with Crippen LogP contribution in [0.5, 0.6) is 0 Å². The van der Waals surface area contributed by atoms with E-state index in [9.17, 15) is 0 Å². The maximum Gasteiger partial charge on any atom is 0.141 e. The summed E-state index contributed by atoms with van der Waals surface area (Å²) in [7, 11) is 2.31. The molecule has 2 bridgehead atoms. The molecule has 0 spiro atoms. The van der Waals surface area contributed by atoms with Gasteiger partial charge in [-0.3, -0.25) is 4.90 Å². The van der Waals surface area contributed by atoms with Crippen LogP contribution in [0.3, 0.4) is 0 Å². The van der Waals surface area contributed by atoms with E-state index in [-0.39, 0.29) is 0 Å². The minimum Gasteiger partial charge on any atom is -0.361 e. The predicted octanol–water partition coefficient (Wildman–Crippen LogP) is 4.59. The van der Waals surface area contributed by atoms with Crippen LogP contribution in [-0.4, -0.2) is 34.6 Å². The normalized spacial score (nSPS) is 44.6. The molecule has 0 radical (unpaired) electrons. The molecule has 3 nitrogen and oxygen atoms in total. The number of likely N-dealkylation sites (N-methyl/N-ethyl adjacent to an activating group) is 1. The molecule has 23 heavy (non-hydrogen) atoms. The Morgan fingerprint density at radius 1 is 1.22 bits per heavy atom. The first kappa shape index (κ1) is 16.0. The summed E-state index contributed by atoms with van der Waals surface area (Å²) in [5, 5.41) is 4.57. The molecule has 2 aliphatic heterocycles. The van der Waals surface area contributed by atoms with E-state index in [4.69, 9.17) is 16.1 Å². The van der Waals surface area contributed by atoms with Crippen LogP contribution in [0, 0.1) is 24.7 Å². The van der Waals surface area contributed by atoms with E-state index in [0.717, 1.165) is 29.3 Å². The van der Waals surface area contributed by atoms with Crippen molar-refractivity contribution >= 4 is 11.6 Å². The molecule has 128 valence electrons. The summed E-state index contributed by atoms with van der Waals surface area (Å²) < 4.78 is 5.77. The van der Waals surface area contributed by atoms with Gasteiger partial charge in [-0.15, -0.1) is 11.6 Å². The van der Waals surface area contributed by atoms with Crippen LogP contribution in [0.25, 0.3) is 0 Å². The van der Waals surface area contributed by atoms with E-state index in [0.29, 0.717) is 23.3 Å². The lowest BCUT2D eigenvalue weighted by Crippen LogP contribution is -2.48. The van der Waals surface area contributed by atoms with Gasteiger partial charge < -0.3 is 4.52 Å². The van der Waals surface area contributed by atoms with Crippen molar-refractivity contribution in [1.29, 1.82) is 0 Å². The Hall–Kier alpha value is -0.540. The SMILES string of the molecule is Cc1cc([C@@H]2C3CC[C@H](C[C@@H]2C2CCC(Cl)C(C)C2)N3C)on1. The lowest BCUT2D eigenvalue weighted by molar-refractivity contribution is 0.0453. The van der Waals surface area contributed by atoms with Crippen molar-refractivity contribution in [3.63, 3.8) is 0 Å². The van der Waals surface area contributed by atoms with Gasteiger partial charge in [0.1, 0.15) is 5.76 Å². The van der Waals surface area contributed by atoms with E-state index in [1.165, 1.54) is 38.5 Å². The molecule has 4 unspecified atom stereocenters. The van der Waals surface area contributed by atoms with Crippen molar-refractivity contribution in [2.75, 3.05) is 7.05 Å². The molecule has 3 aliphatic rings. The monoisotopic (exact) mass is 336 g/mol. The topological polar surface area (TPSA) is 29.3 Å². The minimum absolute atomic E-state index is 0.375. The highest BCUT2D eigenvalue weighted by Gasteiger charge is 2.50. The van der Waals surface area contributed by atoms with E-state index < -0.39 is 0 Å². The number of halogens is 1. The first-order valence-corrected chi connectivity index (χ1v) is 9.77. The molecule has 1 saturated carbocycles. The number of alkyl halides is 1. The number of hydrogen-bond acceptors (Lipinski definition) is 3. The van der Waals surface area contributed by atoms with Crippen LogP contribution in [0.1, 0.15) is 62.8 Å². The molecular weight excluding hydrogens is 308 g/mol. The molecule has 1 aromatic rings. The molecule has 1 aliphatic carbocycles. The first-order valence-electron chi connectivity index (χ1n) is 9.33. The molecule has 1 aromatic heterocycles. The summed E-state index contributed by atoms with van der Waals surface area (Å²) in [5.74, 6) is 3.83. The van der Waals surface area contributed by atoms with Gasteiger partial charge in [0, 0.05) is 29.4 Å². The second-order valence-electron chi connectivity index (χ2n) is 8.33. The molecule has 2 saturated heterocycles. The molecule has 3 heterocycles. The van der Waals surface area contributed by atoms with Gasteiger partial charge in [0.15, 0.2) is 0 Å². The lowest BCUT2D eigenvalue weighted by atomic mass is 9.66. The quantitative estimate of drug-likeness (QED) is 0.739. The Labute approximate surface area is 144 Å². The van der Waals surface area contributed by atoms with Gasteiger partial charge in [-0.25, -0.2) is 0 Å². The Morgan fingerprint density at radius 2 is 2.04 bits per heavy atom. The van der Waals surface area contributed by atoms with Crippen molar-refractivity contribution in [3.05, 3.63) is 17.5 Å². The number of nitrogens with zero attached hydrogens (tertiary/aromatic N) is 2. The summed E-state index contributed by atoms with van der Waals surface area (Å²) >= 11 is 6.48. The molecular formula is C19H29ClN2O. The summed E-state index contributed by atoms with van der Waals surface area (Å²) in [5.41, 5.74) is 1.01. The third-order valence-corrected chi connectivity index (χ3v) is 7.65. The Kier molecular flexibility index (Phi) is 4.21. The Bertz CT molecular complexity index is 559. The van der Waals surface area contributed by atoms with E-state index in [1.807, 2.05) is 6.92 Å². The molecule has 4 heteroatoms. The summed E-state index contributed by atoms with van der Waals surface area (Å²) in [6, 6.07) is 3.59. The molecule has 0 N–H and O–H groups in total. The van der Waals surface area contributed by atoms with Gasteiger partial charge in [0.25, 0.3) is 0 Å². The van der Waals surface area contributed by atoms with Crippen LogP contribution in [0.15, 0.2) is 10.6 Å². The van der Waals surface area contributed by atoms with Crippen molar-refractivity contribution in [2.45, 2.75) is 75.8 Å². The van der Waals surface area contributed by atoms with Crippen LogP contribution in [0.4, 0.5) is 0 Å². The number of hydrogen-bond donors (Lipinski definition) is 0. The molecule has 0 amide bonds. The Balaban J connectivity index is 1.63. The van der Waals surface area contributed by atoms with E-state index in [2.05, 4.69) is 30.1 Å². The van der Waals surface area contributed by atoms with Gasteiger partial charge in [0.05, 0.1) is 5.69 Å². The number of fused-ring (bicyclic) bond motifs is 2. The average molecular weight is 337 g/mol. The third-order valence-electron chi connectivity index (χ3n) is 7.00. The smallest absolute Gasteiger partial charge is 0.141 e. The van der Waals surface area contributed by atoms with E-state index >= 15 is 0 Å². The number of piperidine rings is 1. The number of aromatic nitrogens is 1. The highest BCUT2D eigenvalue weighted by atomic mass is 35.5. The van der Waals surface area contributed by atoms with Crippen LogP contribution < -0.4 is 0 Å². The highest BCUT2D eigenvalue weighted by Crippen LogP contribution is 2.52. The van der Waals surface area contributed by atoms with Crippen LogP contribution >= 0.6 is 11.6 Å². The molecule has 4 rings (SSSR count). The Morgan fingerprint density at radius 3 is 2.74 bits per heavy atom. The van der Waals surface area contributed by atoms with E-state index in [1.54, 1.807) is 0 Å². The summed E-state index contributed by atoms with van der Waals surface area (Å²) in [4.78, 5) is 2.62. The zero-order valence-electron chi connectivity index (χ0n) is 14.5. The molecule has 7 atom stereocenters. The van der Waals surface area contributed by atoms with Gasteiger partial charge >= 0.3 is 0 Å². The lowest BCUT2D eigenvalue weighted by Gasteiger charge is -2.47. The fourth-order valence-corrected chi connectivity index (χ4v) is 5.95. The highest BCUT2D eigenvalue weighted by molar-refractivity contribution is 6.20. The van der Waals surface area contributed by atoms with Gasteiger partial charge in [-0.1, -0.05) is 12.1 Å². The van der Waals surface area contributed by atoms with Crippen molar-refractivity contribution in [3.8, 4) is 0 Å². The average Bonchev–Trinajstić information content (AvgIpc) is 3.03. The van der Waals surface area contributed by atoms with Crippen LogP contribution in [0.2, 0.25) is 0 Å². The molecule has 3 fully saturated rings. The van der Waals surface area contributed by atoms with Gasteiger partial charge in [0.2, 0.25) is 0 Å². The number of rotatable bonds is 2. The molecule has 0 aromatic carbocycles. The third kappa shape index (κ3) is 2.74. The standard InChI is InChI=1S/C19H29ClN2O/c1-11-8-13(4-6-16(11)20)15-10-14-5-7-17(22(14)3)19(15)18-9-12(2)21-23-18/h9,11,13-17,19H,4-8,10H2,1-3H3/t11?,13?,14-,15-,16?,17?,19+/m1/s1. The maximum absolute atomic E-state index is 6.48. The second-order valence-corrected chi connectivity index (χ2v) is 8.89. The summed E-state index contributed by atoms with van der Waals surface area (Å²) in [6.45, 7) is 4.37. The van der Waals surface area contributed by atoms with Crippen molar-refractivity contribution in [1.82, 2.24) is 10.1 Å². The van der Waals surface area contributed by atoms with Gasteiger partial charge in [-0.05, 0) is 70.3 Å². The predicted molar refractivity (Wildman–Crippen MR) is 92.8 cm³/mol. The van der Waals surface area contributed by atoms with Gasteiger partial charge in [-0.2, -0.15) is 0 Å². The maximum atomic E-state index is 6.48.